The van der Waals surface area contributed by atoms with Gasteiger partial charge in [0.05, 0.1) is 30.2 Å². The maximum atomic E-state index is 11.8. The summed E-state index contributed by atoms with van der Waals surface area (Å²) in [5.74, 6) is -0.166. The molecule has 0 saturated heterocycles. The molecule has 98 valence electrons. The molecule has 0 aliphatic rings. The molecule has 6 heteroatoms. The van der Waals surface area contributed by atoms with Crippen LogP contribution in [-0.4, -0.2) is 15.9 Å². The van der Waals surface area contributed by atoms with Crippen molar-refractivity contribution in [3.8, 4) is 0 Å². The highest BCUT2D eigenvalue weighted by Gasteiger charge is 2.06. The zero-order chi connectivity index (χ0) is 13.8. The highest BCUT2D eigenvalue weighted by Crippen LogP contribution is 2.16. The van der Waals surface area contributed by atoms with Gasteiger partial charge in [0.15, 0.2) is 0 Å². The quantitative estimate of drug-likeness (QED) is 0.842. The summed E-state index contributed by atoms with van der Waals surface area (Å²) in [6.07, 6.45) is 3.22. The van der Waals surface area contributed by atoms with E-state index in [9.17, 15) is 4.79 Å². The van der Waals surface area contributed by atoms with Crippen LogP contribution in [0.25, 0.3) is 0 Å². The number of anilines is 2. The summed E-state index contributed by atoms with van der Waals surface area (Å²) < 4.78 is 0. The van der Waals surface area contributed by atoms with Crippen molar-refractivity contribution in [3.63, 3.8) is 0 Å². The van der Waals surface area contributed by atoms with Crippen molar-refractivity contribution >= 4 is 28.9 Å². The van der Waals surface area contributed by atoms with E-state index >= 15 is 0 Å². The predicted octanol–water partition coefficient (Wildman–Crippen LogP) is 2.20. The molecular formula is C13H13ClN4O. The van der Waals surface area contributed by atoms with Gasteiger partial charge in [-0.2, -0.15) is 0 Å². The Hall–Kier alpha value is -2.14. The first-order chi connectivity index (χ1) is 9.04. The topological polar surface area (TPSA) is 80.9 Å². The van der Waals surface area contributed by atoms with Crippen LogP contribution in [0, 0.1) is 6.92 Å². The lowest BCUT2D eigenvalue weighted by molar-refractivity contribution is -0.115. The minimum atomic E-state index is -0.166. The molecule has 2 heterocycles. The van der Waals surface area contributed by atoms with Gasteiger partial charge in [-0.05, 0) is 30.7 Å². The number of nitrogens with one attached hydrogen (secondary N) is 1. The Kier molecular flexibility index (Phi) is 3.97. The number of nitrogens with zero attached hydrogens (tertiary/aromatic N) is 2. The van der Waals surface area contributed by atoms with Gasteiger partial charge < -0.3 is 11.1 Å². The van der Waals surface area contributed by atoms with Gasteiger partial charge in [-0.15, -0.1) is 0 Å². The van der Waals surface area contributed by atoms with Crippen LogP contribution >= 0.6 is 11.6 Å². The molecule has 19 heavy (non-hydrogen) atoms. The molecule has 0 aliphatic carbocycles. The Labute approximate surface area is 115 Å². The van der Waals surface area contributed by atoms with E-state index < -0.39 is 0 Å². The molecular weight excluding hydrogens is 264 g/mol. The normalized spacial score (nSPS) is 10.2. The Balaban J connectivity index is 2.01. The highest BCUT2D eigenvalue weighted by molar-refractivity contribution is 6.30. The van der Waals surface area contributed by atoms with Gasteiger partial charge >= 0.3 is 0 Å². The summed E-state index contributed by atoms with van der Waals surface area (Å²) >= 11 is 5.82. The van der Waals surface area contributed by atoms with Crippen LogP contribution in [0.4, 0.5) is 11.4 Å². The second-order valence-electron chi connectivity index (χ2n) is 4.14. The molecule has 0 bridgehead atoms. The van der Waals surface area contributed by atoms with E-state index in [0.29, 0.717) is 22.2 Å². The average Bonchev–Trinajstić information content (AvgIpc) is 2.37. The van der Waals surface area contributed by atoms with Gasteiger partial charge in [-0.1, -0.05) is 11.6 Å². The van der Waals surface area contributed by atoms with Gasteiger partial charge in [0.2, 0.25) is 5.91 Å². The maximum Gasteiger partial charge on any atom is 0.230 e. The standard InChI is InChI=1S/C13H13ClN4O/c1-8-4-11(7-17-13(8)14)18-12(19)5-10-3-2-9(15)6-16-10/h2-4,6-7H,5,15H2,1H3,(H,18,19). The van der Waals surface area contributed by atoms with Crippen LogP contribution in [0.3, 0.4) is 0 Å². The minimum Gasteiger partial charge on any atom is -0.397 e. The van der Waals surface area contributed by atoms with Crippen molar-refractivity contribution in [1.29, 1.82) is 0 Å². The van der Waals surface area contributed by atoms with Crippen molar-refractivity contribution < 1.29 is 4.79 Å². The van der Waals surface area contributed by atoms with Crippen LogP contribution in [-0.2, 0) is 11.2 Å². The first-order valence-electron chi connectivity index (χ1n) is 5.67. The Morgan fingerprint density at radius 1 is 1.37 bits per heavy atom. The number of aryl methyl sites for hydroxylation is 1. The van der Waals surface area contributed by atoms with E-state index in [-0.39, 0.29) is 12.3 Å². The molecule has 3 N–H and O–H groups in total. The van der Waals surface area contributed by atoms with E-state index in [1.54, 1.807) is 18.2 Å². The van der Waals surface area contributed by atoms with Crippen molar-refractivity contribution in [2.45, 2.75) is 13.3 Å². The lowest BCUT2D eigenvalue weighted by Crippen LogP contribution is -2.15. The van der Waals surface area contributed by atoms with Gasteiger partial charge in [0, 0.05) is 5.69 Å². The largest absolute Gasteiger partial charge is 0.397 e. The molecule has 0 radical (unpaired) electrons. The minimum absolute atomic E-state index is 0.166. The van der Waals surface area contributed by atoms with E-state index in [1.165, 1.54) is 12.4 Å². The average molecular weight is 277 g/mol. The number of hydrogen-bond donors (Lipinski definition) is 2. The first-order valence-corrected chi connectivity index (χ1v) is 6.05. The molecule has 2 rings (SSSR count). The van der Waals surface area contributed by atoms with Crippen LogP contribution in [0.2, 0.25) is 5.15 Å². The summed E-state index contributed by atoms with van der Waals surface area (Å²) in [4.78, 5) is 19.9. The highest BCUT2D eigenvalue weighted by atomic mass is 35.5. The predicted molar refractivity (Wildman–Crippen MR) is 75.0 cm³/mol. The van der Waals surface area contributed by atoms with E-state index in [4.69, 9.17) is 17.3 Å². The van der Waals surface area contributed by atoms with Gasteiger partial charge in [0.1, 0.15) is 5.15 Å². The third-order valence-corrected chi connectivity index (χ3v) is 2.88. The zero-order valence-electron chi connectivity index (χ0n) is 10.4. The zero-order valence-corrected chi connectivity index (χ0v) is 11.1. The van der Waals surface area contributed by atoms with Gasteiger partial charge in [-0.25, -0.2) is 4.98 Å². The summed E-state index contributed by atoms with van der Waals surface area (Å²) in [5, 5.41) is 3.17. The van der Waals surface area contributed by atoms with Crippen molar-refractivity contribution in [2.24, 2.45) is 0 Å². The monoisotopic (exact) mass is 276 g/mol. The lowest BCUT2D eigenvalue weighted by atomic mass is 10.2. The molecule has 2 aromatic rings. The number of hydrogen-bond acceptors (Lipinski definition) is 4. The number of nitrogens with two attached hydrogens (primary N) is 1. The Morgan fingerprint density at radius 3 is 2.79 bits per heavy atom. The van der Waals surface area contributed by atoms with Crippen LogP contribution < -0.4 is 11.1 Å². The number of nitrogen functional groups attached to an aromatic ring is 1. The number of carbonyl (C=O) groups excluding carboxylic acids is 1. The van der Waals surface area contributed by atoms with Gasteiger partial charge in [-0.3, -0.25) is 9.78 Å². The second-order valence-corrected chi connectivity index (χ2v) is 4.50. The molecule has 1 amide bonds. The first kappa shape index (κ1) is 13.3. The van der Waals surface area contributed by atoms with E-state index in [1.807, 2.05) is 6.92 Å². The number of amides is 1. The van der Waals surface area contributed by atoms with Gasteiger partial charge in [0.25, 0.3) is 0 Å². The van der Waals surface area contributed by atoms with E-state index in [2.05, 4.69) is 15.3 Å². The van der Waals surface area contributed by atoms with Crippen LogP contribution in [0.15, 0.2) is 30.6 Å². The fourth-order valence-corrected chi connectivity index (χ4v) is 1.64. The summed E-state index contributed by atoms with van der Waals surface area (Å²) in [5.41, 5.74) is 8.18. The molecule has 0 aliphatic heterocycles. The molecule has 0 fully saturated rings. The van der Waals surface area contributed by atoms with Crippen molar-refractivity contribution in [2.75, 3.05) is 11.1 Å². The molecule has 0 saturated carbocycles. The third kappa shape index (κ3) is 3.66. The van der Waals surface area contributed by atoms with Crippen LogP contribution in [0.1, 0.15) is 11.3 Å². The maximum absolute atomic E-state index is 11.8. The third-order valence-electron chi connectivity index (χ3n) is 2.49. The molecule has 5 nitrogen and oxygen atoms in total. The fourth-order valence-electron chi connectivity index (χ4n) is 1.54. The summed E-state index contributed by atoms with van der Waals surface area (Å²) in [6.45, 7) is 1.83. The van der Waals surface area contributed by atoms with Crippen molar-refractivity contribution in [3.05, 3.63) is 47.0 Å². The number of halogens is 1. The Morgan fingerprint density at radius 2 is 2.16 bits per heavy atom. The molecule has 2 aromatic heterocycles. The Bertz CT molecular complexity index is 598. The van der Waals surface area contributed by atoms with Crippen molar-refractivity contribution in [1.82, 2.24) is 9.97 Å². The summed E-state index contributed by atoms with van der Waals surface area (Å²) in [7, 11) is 0. The van der Waals surface area contributed by atoms with Crippen LogP contribution in [0.5, 0.6) is 0 Å². The number of pyridine rings is 2. The SMILES string of the molecule is Cc1cc(NC(=O)Cc2ccc(N)cn2)cnc1Cl. The number of aromatic nitrogens is 2. The summed E-state index contributed by atoms with van der Waals surface area (Å²) in [6, 6.07) is 5.20. The lowest BCUT2D eigenvalue weighted by Gasteiger charge is -2.06. The van der Waals surface area contributed by atoms with E-state index in [0.717, 1.165) is 5.56 Å². The fraction of sp³-hybridized carbons (Fsp3) is 0.154. The molecule has 0 atom stereocenters. The number of rotatable bonds is 3. The smallest absolute Gasteiger partial charge is 0.230 e. The molecule has 0 unspecified atom stereocenters. The molecule has 0 spiro atoms. The second kappa shape index (κ2) is 5.67. The molecule has 0 aromatic carbocycles. The number of carbonyl (C=O) groups is 1.